The summed E-state index contributed by atoms with van der Waals surface area (Å²) in [4.78, 5) is 15.1. The van der Waals surface area contributed by atoms with Crippen molar-refractivity contribution in [1.29, 1.82) is 0 Å². The molecule has 0 radical (unpaired) electrons. The predicted molar refractivity (Wildman–Crippen MR) is 209 cm³/mol. The van der Waals surface area contributed by atoms with E-state index in [2.05, 4.69) is 127 Å². The zero-order chi connectivity index (χ0) is 33.7. The van der Waals surface area contributed by atoms with Crippen LogP contribution in [0.25, 0.3) is 99.9 Å². The first-order valence-corrected chi connectivity index (χ1v) is 17.1. The van der Waals surface area contributed by atoms with Crippen LogP contribution in [0.15, 0.2) is 180 Å². The minimum Gasteiger partial charge on any atom is -0.455 e. The number of nitrogens with zero attached hydrogens (tertiary/aromatic N) is 3. The molecule has 0 saturated heterocycles. The zero-order valence-corrected chi connectivity index (χ0v) is 27.5. The highest BCUT2D eigenvalue weighted by Crippen LogP contribution is 2.42. The number of hydrogen-bond donors (Lipinski definition) is 0. The molecule has 4 heteroatoms. The van der Waals surface area contributed by atoms with E-state index in [-0.39, 0.29) is 0 Å². The zero-order valence-electron chi connectivity index (χ0n) is 27.5. The Morgan fingerprint density at radius 1 is 0.314 bits per heavy atom. The third-order valence-electron chi connectivity index (χ3n) is 9.70. The molecule has 4 nitrogen and oxygen atoms in total. The Hall–Kier alpha value is -6.91. The largest absolute Gasteiger partial charge is 0.455 e. The van der Waals surface area contributed by atoms with Gasteiger partial charge in [0.1, 0.15) is 11.2 Å². The lowest BCUT2D eigenvalue weighted by atomic mass is 9.93. The van der Waals surface area contributed by atoms with Gasteiger partial charge >= 0.3 is 0 Å². The molecule has 0 aliphatic carbocycles. The van der Waals surface area contributed by atoms with Gasteiger partial charge in [0.05, 0.1) is 0 Å². The van der Waals surface area contributed by atoms with Gasteiger partial charge in [-0.1, -0.05) is 146 Å². The second kappa shape index (κ2) is 11.9. The van der Waals surface area contributed by atoms with Gasteiger partial charge in [-0.15, -0.1) is 0 Å². The quantitative estimate of drug-likeness (QED) is 0.186. The molecular formula is C47H29N3O. The van der Waals surface area contributed by atoms with Crippen LogP contribution in [0.3, 0.4) is 0 Å². The molecule has 10 aromatic rings. The van der Waals surface area contributed by atoms with Crippen molar-refractivity contribution in [3.8, 4) is 56.4 Å². The van der Waals surface area contributed by atoms with Crippen LogP contribution >= 0.6 is 0 Å². The number of fused-ring (bicyclic) bond motifs is 5. The molecule has 51 heavy (non-hydrogen) atoms. The number of hydrogen-bond acceptors (Lipinski definition) is 4. The molecule has 8 aromatic carbocycles. The lowest BCUT2D eigenvalue weighted by Gasteiger charge is -2.10. The minimum atomic E-state index is 0.612. The Morgan fingerprint density at radius 2 is 0.843 bits per heavy atom. The molecule has 0 N–H and O–H groups in total. The van der Waals surface area contributed by atoms with Crippen molar-refractivity contribution in [2.45, 2.75) is 0 Å². The molecule has 0 bridgehead atoms. The molecule has 0 spiro atoms. The van der Waals surface area contributed by atoms with E-state index in [1.54, 1.807) is 0 Å². The van der Waals surface area contributed by atoms with Crippen molar-refractivity contribution in [2.75, 3.05) is 0 Å². The second-order valence-corrected chi connectivity index (χ2v) is 12.8. The molecule has 10 rings (SSSR count). The standard InChI is InChI=1S/C47H29N3O/c1-3-11-30(12-4-1)32-19-22-33(23-20-32)43-39-18-10-9-17-36(39)28-41-40-29-38(25-26-42(40)51-44(41)43)47-49-45(34-14-5-2-6-15-34)48-46(50-47)37-24-21-31-13-7-8-16-35(31)27-37/h1-29H. The van der Waals surface area contributed by atoms with Gasteiger partial charge in [0.15, 0.2) is 17.5 Å². The average Bonchev–Trinajstić information content (AvgIpc) is 3.57. The lowest BCUT2D eigenvalue weighted by Crippen LogP contribution is -2.00. The lowest BCUT2D eigenvalue weighted by molar-refractivity contribution is 0.670. The van der Waals surface area contributed by atoms with Crippen molar-refractivity contribution in [2.24, 2.45) is 0 Å². The molecule has 0 aliphatic heterocycles. The van der Waals surface area contributed by atoms with Crippen LogP contribution in [0.2, 0.25) is 0 Å². The second-order valence-electron chi connectivity index (χ2n) is 12.8. The summed E-state index contributed by atoms with van der Waals surface area (Å²) in [6.45, 7) is 0. The summed E-state index contributed by atoms with van der Waals surface area (Å²) in [7, 11) is 0. The maximum atomic E-state index is 6.73. The first-order chi connectivity index (χ1) is 25.2. The van der Waals surface area contributed by atoms with Crippen LogP contribution in [-0.2, 0) is 0 Å². The van der Waals surface area contributed by atoms with Gasteiger partial charge in [-0.25, -0.2) is 15.0 Å². The molecule has 0 amide bonds. The molecule has 0 saturated carbocycles. The molecule has 0 fully saturated rings. The molecule has 2 heterocycles. The Morgan fingerprint density at radius 3 is 1.59 bits per heavy atom. The minimum absolute atomic E-state index is 0.612. The van der Waals surface area contributed by atoms with Crippen molar-refractivity contribution in [3.63, 3.8) is 0 Å². The number of aromatic nitrogens is 3. The third kappa shape index (κ3) is 5.13. The van der Waals surface area contributed by atoms with E-state index >= 15 is 0 Å². The van der Waals surface area contributed by atoms with Crippen LogP contribution in [0.5, 0.6) is 0 Å². The average molecular weight is 652 g/mol. The molecular weight excluding hydrogens is 623 g/mol. The van der Waals surface area contributed by atoms with E-state index in [1.165, 1.54) is 16.5 Å². The summed E-state index contributed by atoms with van der Waals surface area (Å²) in [5, 5.41) is 6.70. The van der Waals surface area contributed by atoms with E-state index in [4.69, 9.17) is 19.4 Å². The topological polar surface area (TPSA) is 51.8 Å². The van der Waals surface area contributed by atoms with Crippen molar-refractivity contribution in [1.82, 2.24) is 15.0 Å². The van der Waals surface area contributed by atoms with Gasteiger partial charge in [0.2, 0.25) is 0 Å². The van der Waals surface area contributed by atoms with Gasteiger partial charge in [0.25, 0.3) is 0 Å². The first kappa shape index (κ1) is 29.0. The fraction of sp³-hybridized carbons (Fsp3) is 0. The highest BCUT2D eigenvalue weighted by Gasteiger charge is 2.19. The number of benzene rings is 8. The van der Waals surface area contributed by atoms with E-state index in [9.17, 15) is 0 Å². The molecule has 238 valence electrons. The fourth-order valence-electron chi connectivity index (χ4n) is 7.14. The van der Waals surface area contributed by atoms with E-state index in [0.29, 0.717) is 17.5 Å². The van der Waals surface area contributed by atoms with E-state index in [0.717, 1.165) is 65.9 Å². The number of rotatable bonds is 5. The van der Waals surface area contributed by atoms with Gasteiger partial charge in [0, 0.05) is 33.0 Å². The Kier molecular flexibility index (Phi) is 6.78. The summed E-state index contributed by atoms with van der Waals surface area (Å²) in [6.07, 6.45) is 0. The number of furan rings is 1. The summed E-state index contributed by atoms with van der Waals surface area (Å²) >= 11 is 0. The smallest absolute Gasteiger partial charge is 0.164 e. The van der Waals surface area contributed by atoms with Gasteiger partial charge < -0.3 is 4.42 Å². The van der Waals surface area contributed by atoms with Crippen LogP contribution < -0.4 is 0 Å². The maximum Gasteiger partial charge on any atom is 0.164 e. The van der Waals surface area contributed by atoms with Crippen molar-refractivity contribution >= 4 is 43.5 Å². The fourth-order valence-corrected chi connectivity index (χ4v) is 7.14. The highest BCUT2D eigenvalue weighted by atomic mass is 16.3. The molecule has 0 atom stereocenters. The van der Waals surface area contributed by atoms with Crippen LogP contribution in [-0.4, -0.2) is 15.0 Å². The van der Waals surface area contributed by atoms with Crippen molar-refractivity contribution < 1.29 is 4.42 Å². The van der Waals surface area contributed by atoms with Gasteiger partial charge in [-0.2, -0.15) is 0 Å². The maximum absolute atomic E-state index is 6.73. The molecule has 2 aromatic heterocycles. The van der Waals surface area contributed by atoms with Gasteiger partial charge in [-0.05, 0) is 68.6 Å². The SMILES string of the molecule is c1ccc(-c2ccc(-c3c4ccccc4cc4c3oc3ccc(-c5nc(-c6ccccc6)nc(-c6ccc7ccccc7c6)n5)cc34)cc2)cc1. The van der Waals surface area contributed by atoms with E-state index in [1.807, 2.05) is 48.5 Å². The third-order valence-corrected chi connectivity index (χ3v) is 9.70. The Balaban J connectivity index is 1.15. The highest BCUT2D eigenvalue weighted by molar-refractivity contribution is 6.18. The summed E-state index contributed by atoms with van der Waals surface area (Å²) < 4.78 is 6.73. The van der Waals surface area contributed by atoms with Crippen LogP contribution in [0.1, 0.15) is 0 Å². The summed E-state index contributed by atoms with van der Waals surface area (Å²) in [5.74, 6) is 1.88. The van der Waals surface area contributed by atoms with Crippen LogP contribution in [0.4, 0.5) is 0 Å². The molecule has 0 aliphatic rings. The van der Waals surface area contributed by atoms with Crippen LogP contribution in [0, 0.1) is 0 Å². The van der Waals surface area contributed by atoms with Gasteiger partial charge in [-0.3, -0.25) is 0 Å². The Labute approximate surface area is 294 Å². The Bertz CT molecular complexity index is 2900. The monoisotopic (exact) mass is 651 g/mol. The first-order valence-electron chi connectivity index (χ1n) is 17.1. The predicted octanol–water partition coefficient (Wildman–Crippen LogP) is 12.4. The van der Waals surface area contributed by atoms with Crippen molar-refractivity contribution in [3.05, 3.63) is 176 Å². The molecule has 0 unspecified atom stereocenters. The summed E-state index contributed by atoms with van der Waals surface area (Å²) in [6, 6.07) is 61.1. The summed E-state index contributed by atoms with van der Waals surface area (Å²) in [5.41, 5.74) is 9.04. The van der Waals surface area contributed by atoms with E-state index < -0.39 is 0 Å². The normalized spacial score (nSPS) is 11.5.